The summed E-state index contributed by atoms with van der Waals surface area (Å²) in [7, 11) is 0. The van der Waals surface area contributed by atoms with Crippen LogP contribution in [0.25, 0.3) is 0 Å². The van der Waals surface area contributed by atoms with Crippen LogP contribution in [-0.4, -0.2) is 35.0 Å². The van der Waals surface area contributed by atoms with Gasteiger partial charge in [-0.3, -0.25) is 0 Å². The van der Waals surface area contributed by atoms with Crippen LogP contribution in [0.2, 0.25) is 0 Å². The molecular weight excluding hydrogens is 382 g/mol. The Kier molecular flexibility index (Phi) is 2.69. The highest BCUT2D eigenvalue weighted by molar-refractivity contribution is 5.39. The van der Waals surface area contributed by atoms with Gasteiger partial charge in [-0.2, -0.15) is 35.1 Å². The van der Waals surface area contributed by atoms with Gasteiger partial charge in [0, 0.05) is 11.8 Å². The summed E-state index contributed by atoms with van der Waals surface area (Å²) in [5, 5.41) is 0. The van der Waals surface area contributed by atoms with Gasteiger partial charge >= 0.3 is 23.7 Å². The fraction of sp³-hybridized carbons (Fsp3) is 1.00. The second-order valence-electron chi connectivity index (χ2n) is 8.66. The molecule has 0 aromatic carbocycles. The molecular formula is C16H14F10. The van der Waals surface area contributed by atoms with Crippen molar-refractivity contribution in [3.8, 4) is 0 Å². The Labute approximate surface area is 141 Å². The number of halogens is 10. The molecule has 5 rings (SSSR count). The Hall–Kier alpha value is -0.700. The fourth-order valence-electron chi connectivity index (χ4n) is 7.33. The lowest BCUT2D eigenvalue weighted by Gasteiger charge is -2.60. The lowest BCUT2D eigenvalue weighted by atomic mass is 9.53. The number of hydrogen-bond acceptors (Lipinski definition) is 0. The van der Waals surface area contributed by atoms with E-state index in [-0.39, 0.29) is 11.8 Å². The highest BCUT2D eigenvalue weighted by atomic mass is 19.4. The van der Waals surface area contributed by atoms with Crippen LogP contribution in [0.5, 0.6) is 0 Å². The van der Waals surface area contributed by atoms with E-state index in [0.717, 1.165) is 0 Å². The maximum absolute atomic E-state index is 15.5. The maximum Gasteiger partial charge on any atom is 0.381 e. The van der Waals surface area contributed by atoms with Gasteiger partial charge < -0.3 is 0 Å². The highest BCUT2D eigenvalue weighted by Gasteiger charge is 3.04. The molecule has 148 valence electrons. The summed E-state index contributed by atoms with van der Waals surface area (Å²) < 4.78 is 144. The average molecular weight is 396 g/mol. The second-order valence-corrected chi connectivity index (χ2v) is 8.66. The first-order chi connectivity index (χ1) is 11.7. The maximum atomic E-state index is 15.5. The van der Waals surface area contributed by atoms with E-state index in [1.807, 2.05) is 0 Å². The minimum atomic E-state index is -6.70. The molecule has 10 heteroatoms. The summed E-state index contributed by atoms with van der Waals surface area (Å²) in [4.78, 5) is 0. The van der Waals surface area contributed by atoms with Crippen molar-refractivity contribution in [1.82, 2.24) is 0 Å². The van der Waals surface area contributed by atoms with Crippen molar-refractivity contribution in [3.05, 3.63) is 0 Å². The van der Waals surface area contributed by atoms with Crippen molar-refractivity contribution in [1.29, 1.82) is 0 Å². The van der Waals surface area contributed by atoms with Crippen molar-refractivity contribution in [3.63, 3.8) is 0 Å². The molecule has 0 aromatic rings. The van der Waals surface area contributed by atoms with Gasteiger partial charge in [-0.25, -0.2) is 8.78 Å². The lowest BCUT2D eigenvalue weighted by Crippen LogP contribution is -2.87. The van der Waals surface area contributed by atoms with Crippen LogP contribution in [0.15, 0.2) is 0 Å². The number of alkyl halides is 10. The van der Waals surface area contributed by atoms with Crippen LogP contribution < -0.4 is 0 Å². The Morgan fingerprint density at radius 3 is 1.15 bits per heavy atom. The zero-order valence-electron chi connectivity index (χ0n) is 13.1. The van der Waals surface area contributed by atoms with E-state index in [4.69, 9.17) is 0 Å². The van der Waals surface area contributed by atoms with Crippen LogP contribution in [0.4, 0.5) is 43.9 Å². The van der Waals surface area contributed by atoms with Crippen molar-refractivity contribution in [2.75, 3.05) is 0 Å². The molecule has 5 saturated carbocycles. The van der Waals surface area contributed by atoms with E-state index in [1.165, 1.54) is 0 Å². The summed E-state index contributed by atoms with van der Waals surface area (Å²) in [6, 6.07) is 0. The fourth-order valence-corrected chi connectivity index (χ4v) is 7.33. The molecule has 0 radical (unpaired) electrons. The number of hydrogen-bond donors (Lipinski definition) is 0. The van der Waals surface area contributed by atoms with Gasteiger partial charge in [0.05, 0.1) is 0 Å². The molecule has 0 aromatic heterocycles. The predicted octanol–water partition coefficient (Wildman–Crippen LogP) is 5.27. The molecule has 5 aliphatic rings. The average Bonchev–Trinajstić information content (AvgIpc) is 3.25. The summed E-state index contributed by atoms with van der Waals surface area (Å²) >= 11 is 0. The van der Waals surface area contributed by atoms with Gasteiger partial charge in [0.1, 0.15) is 0 Å². The summed E-state index contributed by atoms with van der Waals surface area (Å²) in [5.74, 6) is -32.7. The van der Waals surface area contributed by atoms with Gasteiger partial charge in [-0.1, -0.05) is 0 Å². The summed E-state index contributed by atoms with van der Waals surface area (Å²) in [5.41, 5.74) is -10.0. The molecule has 5 fully saturated rings. The van der Waals surface area contributed by atoms with E-state index in [2.05, 4.69) is 0 Å². The smallest absolute Gasteiger partial charge is 0.233 e. The van der Waals surface area contributed by atoms with Crippen molar-refractivity contribution >= 4 is 0 Å². The van der Waals surface area contributed by atoms with Crippen LogP contribution in [-0.2, 0) is 0 Å². The van der Waals surface area contributed by atoms with Gasteiger partial charge in [-0.15, -0.1) is 0 Å². The third-order valence-corrected chi connectivity index (χ3v) is 8.13. The molecule has 5 aliphatic carbocycles. The van der Waals surface area contributed by atoms with E-state index >= 15 is 8.78 Å². The topological polar surface area (TPSA) is 0 Å². The predicted molar refractivity (Wildman–Crippen MR) is 66.9 cm³/mol. The first kappa shape index (κ1) is 17.4. The molecule has 0 heterocycles. The Morgan fingerprint density at radius 1 is 0.462 bits per heavy atom. The molecule has 0 saturated heterocycles. The number of fused-ring (bicyclic) bond motifs is 12. The second kappa shape index (κ2) is 4.02. The molecule has 0 aliphatic heterocycles. The van der Waals surface area contributed by atoms with E-state index < -0.39 is 65.1 Å². The van der Waals surface area contributed by atoms with Gasteiger partial charge in [-0.05, 0) is 49.4 Å². The molecule has 8 atom stereocenters. The Bertz CT molecular complexity index is 633. The Balaban J connectivity index is 1.78. The summed E-state index contributed by atoms with van der Waals surface area (Å²) in [6.45, 7) is 0. The quantitative estimate of drug-likeness (QED) is 0.387. The minimum absolute atomic E-state index is 0.336. The third kappa shape index (κ3) is 1.20. The normalized spacial score (nSPS) is 59.3. The molecule has 0 spiro atoms. The van der Waals surface area contributed by atoms with Crippen LogP contribution in [0.1, 0.15) is 25.7 Å². The monoisotopic (exact) mass is 396 g/mol. The zero-order valence-corrected chi connectivity index (χ0v) is 13.1. The van der Waals surface area contributed by atoms with Crippen molar-refractivity contribution in [2.45, 2.75) is 60.7 Å². The first-order valence-corrected chi connectivity index (χ1v) is 8.58. The third-order valence-electron chi connectivity index (χ3n) is 8.13. The number of rotatable bonds is 0. The SMILES string of the molecule is FC1(F)C(F)(F)C(F)(F)C2(F)C3CC(C4C5CCC(C5)C43)C2(F)C1(F)F. The van der Waals surface area contributed by atoms with Crippen molar-refractivity contribution < 1.29 is 43.9 Å². The van der Waals surface area contributed by atoms with Crippen LogP contribution >= 0.6 is 0 Å². The molecule has 8 unspecified atom stereocenters. The van der Waals surface area contributed by atoms with Crippen LogP contribution in [0, 0.1) is 35.5 Å². The van der Waals surface area contributed by atoms with E-state index in [9.17, 15) is 35.1 Å². The van der Waals surface area contributed by atoms with Gasteiger partial charge in [0.25, 0.3) is 0 Å². The molecule has 26 heavy (non-hydrogen) atoms. The standard InChI is InChI=1S/C16H14F10/c17-11-7-4-8(10-6-2-1-5(3-6)9(7)10)12(11,18)14(21,22)16(25,26)15(23,24)13(11,19)20/h5-10H,1-4H2. The van der Waals surface area contributed by atoms with E-state index in [1.54, 1.807) is 0 Å². The van der Waals surface area contributed by atoms with Gasteiger partial charge in [0.2, 0.25) is 11.3 Å². The Morgan fingerprint density at radius 2 is 0.808 bits per heavy atom. The largest absolute Gasteiger partial charge is 0.381 e. The summed E-state index contributed by atoms with van der Waals surface area (Å²) in [6.07, 6.45) is 0.558. The molecule has 0 nitrogen and oxygen atoms in total. The van der Waals surface area contributed by atoms with E-state index in [0.29, 0.717) is 19.3 Å². The van der Waals surface area contributed by atoms with Crippen LogP contribution in [0.3, 0.4) is 0 Å². The zero-order chi connectivity index (χ0) is 19.3. The van der Waals surface area contributed by atoms with Crippen molar-refractivity contribution in [2.24, 2.45) is 35.5 Å². The first-order valence-electron chi connectivity index (χ1n) is 8.58. The van der Waals surface area contributed by atoms with Gasteiger partial charge in [0.15, 0.2) is 0 Å². The lowest BCUT2D eigenvalue weighted by molar-refractivity contribution is -0.474. The highest BCUT2D eigenvalue weighted by Crippen LogP contribution is 2.83. The molecule has 0 amide bonds. The molecule has 4 bridgehead atoms. The molecule has 0 N–H and O–H groups in total. The minimum Gasteiger partial charge on any atom is -0.233 e.